The molecule has 0 unspecified atom stereocenters. The van der Waals surface area contributed by atoms with E-state index in [-0.39, 0.29) is 0 Å². The summed E-state index contributed by atoms with van der Waals surface area (Å²) in [5, 5.41) is 0.957. The van der Waals surface area contributed by atoms with Gasteiger partial charge in [-0.2, -0.15) is 0 Å². The van der Waals surface area contributed by atoms with Crippen LogP contribution in [0.15, 0.2) is 18.5 Å². The standard InChI is InChI=1S/C10H7N3O/c11-9(14)6-2-8-7-1-5(7)3-12-10(8)13-4-6/h2-4H,1H2,(H2,11,14). The fraction of sp³-hybridized carbons (Fsp3) is 0.100. The van der Waals surface area contributed by atoms with Crippen LogP contribution in [0.1, 0.15) is 21.5 Å². The van der Waals surface area contributed by atoms with Gasteiger partial charge in [0.1, 0.15) is 0 Å². The van der Waals surface area contributed by atoms with Gasteiger partial charge < -0.3 is 5.73 Å². The van der Waals surface area contributed by atoms with Gasteiger partial charge in [0.2, 0.25) is 5.91 Å². The molecule has 0 saturated carbocycles. The van der Waals surface area contributed by atoms with Crippen LogP contribution < -0.4 is 5.73 Å². The van der Waals surface area contributed by atoms with Crippen molar-refractivity contribution in [3.05, 3.63) is 35.2 Å². The number of aromatic nitrogens is 2. The molecule has 14 heavy (non-hydrogen) atoms. The molecule has 3 rings (SSSR count). The lowest BCUT2D eigenvalue weighted by Crippen LogP contribution is -2.11. The van der Waals surface area contributed by atoms with Gasteiger partial charge in [0.25, 0.3) is 0 Å². The first-order valence-corrected chi connectivity index (χ1v) is 4.32. The van der Waals surface area contributed by atoms with Gasteiger partial charge in [0.05, 0.1) is 5.56 Å². The van der Waals surface area contributed by atoms with Gasteiger partial charge in [-0.05, 0) is 17.2 Å². The van der Waals surface area contributed by atoms with Crippen LogP contribution in [0.3, 0.4) is 0 Å². The van der Waals surface area contributed by atoms with Crippen molar-refractivity contribution in [2.24, 2.45) is 5.73 Å². The summed E-state index contributed by atoms with van der Waals surface area (Å²) in [6.07, 6.45) is 4.25. The summed E-state index contributed by atoms with van der Waals surface area (Å²) in [6.45, 7) is 0. The summed E-state index contributed by atoms with van der Waals surface area (Å²) >= 11 is 0. The highest BCUT2D eigenvalue weighted by atomic mass is 16.1. The first-order valence-electron chi connectivity index (χ1n) is 4.32. The first kappa shape index (κ1) is 7.44. The predicted octanol–water partition coefficient (Wildman–Crippen LogP) is 0.633. The van der Waals surface area contributed by atoms with Crippen LogP contribution >= 0.6 is 0 Å². The number of carbonyl (C=O) groups excluding carboxylic acids is 1. The molecular weight excluding hydrogens is 178 g/mol. The number of pyridine rings is 2. The van der Waals surface area contributed by atoms with E-state index in [0.29, 0.717) is 11.2 Å². The maximum Gasteiger partial charge on any atom is 0.250 e. The zero-order valence-electron chi connectivity index (χ0n) is 7.32. The molecule has 2 heterocycles. The molecule has 1 aliphatic carbocycles. The average Bonchev–Trinajstić information content (AvgIpc) is 2.95. The Morgan fingerprint density at radius 2 is 2.14 bits per heavy atom. The van der Waals surface area contributed by atoms with Gasteiger partial charge in [0, 0.05) is 24.2 Å². The molecule has 0 fully saturated rings. The molecule has 2 aromatic rings. The molecule has 0 saturated heterocycles. The Balaban J connectivity index is 2.34. The summed E-state index contributed by atoms with van der Waals surface area (Å²) in [4.78, 5) is 19.2. The lowest BCUT2D eigenvalue weighted by molar-refractivity contribution is 0.1000. The zero-order chi connectivity index (χ0) is 9.71. The number of fused-ring (bicyclic) bond motifs is 3. The van der Waals surface area contributed by atoms with Gasteiger partial charge >= 0.3 is 0 Å². The summed E-state index contributed by atoms with van der Waals surface area (Å²) < 4.78 is 0. The summed E-state index contributed by atoms with van der Waals surface area (Å²) in [5.74, 6) is -0.447. The van der Waals surface area contributed by atoms with E-state index in [1.54, 1.807) is 6.07 Å². The summed E-state index contributed by atoms with van der Waals surface area (Å²) in [6, 6.07) is 1.77. The number of hydrogen-bond donors (Lipinski definition) is 1. The molecule has 4 heteroatoms. The first-order chi connectivity index (χ1) is 6.75. The predicted molar refractivity (Wildman–Crippen MR) is 50.9 cm³/mol. The molecule has 1 amide bonds. The van der Waals surface area contributed by atoms with E-state index in [9.17, 15) is 4.79 Å². The monoisotopic (exact) mass is 185 g/mol. The fourth-order valence-electron chi connectivity index (χ4n) is 1.59. The summed E-state index contributed by atoms with van der Waals surface area (Å²) in [7, 11) is 0. The number of nitrogens with zero attached hydrogens (tertiary/aromatic N) is 2. The molecule has 0 aromatic carbocycles. The van der Waals surface area contributed by atoms with Gasteiger partial charge in [-0.15, -0.1) is 0 Å². The number of hydrogen-bond acceptors (Lipinski definition) is 3. The molecule has 68 valence electrons. The Bertz CT molecular complexity index is 563. The number of primary amides is 1. The summed E-state index contributed by atoms with van der Waals surface area (Å²) in [5.41, 5.74) is 8.78. The van der Waals surface area contributed by atoms with E-state index in [0.717, 1.165) is 11.8 Å². The Labute approximate surface area is 79.8 Å². The second-order valence-corrected chi connectivity index (χ2v) is 3.40. The third kappa shape index (κ3) is 0.907. The third-order valence-corrected chi connectivity index (χ3v) is 2.45. The minimum absolute atomic E-state index is 0.444. The SMILES string of the molecule is NC(=O)c1cnc2ncc3c(c2c1)C3. The van der Waals surface area contributed by atoms with Crippen molar-refractivity contribution in [2.75, 3.05) is 0 Å². The van der Waals surface area contributed by atoms with Crippen LogP contribution in [0.5, 0.6) is 0 Å². The molecule has 4 nitrogen and oxygen atoms in total. The molecule has 0 aliphatic heterocycles. The largest absolute Gasteiger partial charge is 0.366 e. The van der Waals surface area contributed by atoms with Crippen LogP contribution in [0.2, 0.25) is 0 Å². The molecule has 2 aromatic heterocycles. The maximum atomic E-state index is 10.9. The van der Waals surface area contributed by atoms with Crippen molar-refractivity contribution in [3.63, 3.8) is 0 Å². The molecule has 2 N–H and O–H groups in total. The number of rotatable bonds is 1. The van der Waals surface area contributed by atoms with Crippen LogP contribution in [0.4, 0.5) is 0 Å². The topological polar surface area (TPSA) is 68.9 Å². The van der Waals surface area contributed by atoms with Crippen LogP contribution in [0.25, 0.3) is 11.0 Å². The number of amides is 1. The second kappa shape index (κ2) is 2.29. The van der Waals surface area contributed by atoms with E-state index in [2.05, 4.69) is 9.97 Å². The van der Waals surface area contributed by atoms with Crippen molar-refractivity contribution in [1.29, 1.82) is 0 Å². The van der Waals surface area contributed by atoms with Crippen LogP contribution in [-0.4, -0.2) is 15.9 Å². The quantitative estimate of drug-likeness (QED) is 0.604. The lowest BCUT2D eigenvalue weighted by atomic mass is 10.2. The van der Waals surface area contributed by atoms with E-state index >= 15 is 0 Å². The maximum absolute atomic E-state index is 10.9. The Kier molecular flexibility index (Phi) is 1.21. The van der Waals surface area contributed by atoms with Crippen molar-refractivity contribution in [2.45, 2.75) is 6.42 Å². The van der Waals surface area contributed by atoms with Crippen molar-refractivity contribution in [1.82, 2.24) is 9.97 Å². The smallest absolute Gasteiger partial charge is 0.250 e. The highest BCUT2D eigenvalue weighted by molar-refractivity contribution is 5.97. The van der Waals surface area contributed by atoms with Crippen LogP contribution in [0, 0.1) is 0 Å². The fourth-order valence-corrected chi connectivity index (χ4v) is 1.59. The molecule has 1 aliphatic rings. The molecular formula is C10H7N3O. The van der Waals surface area contributed by atoms with E-state index in [1.807, 2.05) is 6.20 Å². The number of nitrogens with two attached hydrogens (primary N) is 1. The normalized spacial score (nSPS) is 12.6. The van der Waals surface area contributed by atoms with Crippen molar-refractivity contribution in [3.8, 4) is 0 Å². The minimum atomic E-state index is -0.447. The number of carbonyl (C=O) groups is 1. The third-order valence-electron chi connectivity index (χ3n) is 2.45. The zero-order valence-corrected chi connectivity index (χ0v) is 7.32. The Morgan fingerprint density at radius 1 is 1.36 bits per heavy atom. The van der Waals surface area contributed by atoms with E-state index in [1.165, 1.54) is 17.3 Å². The molecule has 0 bridgehead atoms. The lowest BCUT2D eigenvalue weighted by Gasteiger charge is -1.97. The van der Waals surface area contributed by atoms with E-state index in [4.69, 9.17) is 5.73 Å². The molecule has 0 spiro atoms. The van der Waals surface area contributed by atoms with Crippen molar-refractivity contribution < 1.29 is 4.79 Å². The van der Waals surface area contributed by atoms with Crippen molar-refractivity contribution >= 4 is 16.9 Å². The average molecular weight is 185 g/mol. The van der Waals surface area contributed by atoms with Gasteiger partial charge in [0.15, 0.2) is 5.65 Å². The Hall–Kier alpha value is -1.97. The van der Waals surface area contributed by atoms with E-state index < -0.39 is 5.91 Å². The molecule has 0 atom stereocenters. The minimum Gasteiger partial charge on any atom is -0.366 e. The Morgan fingerprint density at radius 3 is 2.93 bits per heavy atom. The highest BCUT2D eigenvalue weighted by Crippen LogP contribution is 2.33. The van der Waals surface area contributed by atoms with Gasteiger partial charge in [-0.1, -0.05) is 0 Å². The second-order valence-electron chi connectivity index (χ2n) is 3.40. The van der Waals surface area contributed by atoms with Crippen LogP contribution in [-0.2, 0) is 6.42 Å². The van der Waals surface area contributed by atoms with Gasteiger partial charge in [-0.25, -0.2) is 9.97 Å². The van der Waals surface area contributed by atoms with Gasteiger partial charge in [-0.3, -0.25) is 4.79 Å². The highest BCUT2D eigenvalue weighted by Gasteiger charge is 2.21. The molecule has 0 radical (unpaired) electrons.